The highest BCUT2D eigenvalue weighted by molar-refractivity contribution is 5.96. The number of carbonyl (C=O) groups is 2. The van der Waals surface area contributed by atoms with E-state index in [0.29, 0.717) is 57.1 Å². The van der Waals surface area contributed by atoms with Crippen LogP contribution in [-0.4, -0.2) is 69.2 Å². The highest BCUT2D eigenvalue weighted by Gasteiger charge is 2.32. The molecule has 0 spiro atoms. The van der Waals surface area contributed by atoms with E-state index in [4.69, 9.17) is 9.84 Å². The molecule has 0 N–H and O–H groups in total. The summed E-state index contributed by atoms with van der Waals surface area (Å²) in [6, 6.07) is 13.9. The van der Waals surface area contributed by atoms with E-state index < -0.39 is 0 Å². The first-order chi connectivity index (χ1) is 16.7. The van der Waals surface area contributed by atoms with Gasteiger partial charge in [0.2, 0.25) is 0 Å². The number of pyridine rings is 1. The van der Waals surface area contributed by atoms with Crippen LogP contribution in [-0.2, 0) is 30.7 Å². The van der Waals surface area contributed by atoms with Gasteiger partial charge in [-0.15, -0.1) is 0 Å². The van der Waals surface area contributed by atoms with E-state index in [2.05, 4.69) is 29.2 Å². The maximum atomic E-state index is 13.4. The van der Waals surface area contributed by atoms with Gasteiger partial charge in [-0.25, -0.2) is 0 Å². The molecule has 0 saturated carbocycles. The van der Waals surface area contributed by atoms with Gasteiger partial charge in [0.05, 0.1) is 19.8 Å². The molecule has 2 aliphatic rings. The van der Waals surface area contributed by atoms with Crippen molar-refractivity contribution in [3.05, 3.63) is 82.9 Å². The van der Waals surface area contributed by atoms with Crippen LogP contribution in [0.4, 0.5) is 0 Å². The van der Waals surface area contributed by atoms with Crippen molar-refractivity contribution in [2.45, 2.75) is 32.4 Å². The summed E-state index contributed by atoms with van der Waals surface area (Å²) in [7, 11) is 0. The number of aryl methyl sites for hydroxylation is 2. The Balaban J connectivity index is 1.39. The largest absolute Gasteiger partial charge is 0.378 e. The lowest BCUT2D eigenvalue weighted by Crippen LogP contribution is -2.42. The van der Waals surface area contributed by atoms with Crippen molar-refractivity contribution in [2.24, 2.45) is 0 Å². The molecule has 5 rings (SSSR count). The lowest BCUT2D eigenvalue weighted by atomic mass is 10.0. The third-order valence-corrected chi connectivity index (χ3v) is 6.53. The minimum Gasteiger partial charge on any atom is -0.378 e. The van der Waals surface area contributed by atoms with Crippen LogP contribution in [0.3, 0.4) is 0 Å². The van der Waals surface area contributed by atoms with Gasteiger partial charge in [0.15, 0.2) is 5.69 Å². The number of rotatable bonds is 6. The van der Waals surface area contributed by atoms with Crippen LogP contribution in [0.2, 0.25) is 0 Å². The van der Waals surface area contributed by atoms with E-state index in [1.54, 1.807) is 24.5 Å². The quantitative estimate of drug-likeness (QED) is 0.566. The van der Waals surface area contributed by atoms with Gasteiger partial charge in [-0.05, 0) is 30.5 Å². The summed E-state index contributed by atoms with van der Waals surface area (Å²) >= 11 is 0. The van der Waals surface area contributed by atoms with Crippen molar-refractivity contribution in [3.63, 3.8) is 0 Å². The summed E-state index contributed by atoms with van der Waals surface area (Å²) in [6.07, 6.45) is 5.82. The zero-order valence-corrected chi connectivity index (χ0v) is 19.2. The molecular weight excluding hydrogens is 430 g/mol. The molecule has 4 heterocycles. The Labute approximate surface area is 199 Å². The number of hydrogen-bond acceptors (Lipinski definition) is 5. The molecule has 2 amide bonds. The van der Waals surface area contributed by atoms with Gasteiger partial charge in [-0.3, -0.25) is 19.3 Å². The Morgan fingerprint density at radius 2 is 1.68 bits per heavy atom. The van der Waals surface area contributed by atoms with E-state index in [1.165, 1.54) is 5.56 Å². The lowest BCUT2D eigenvalue weighted by molar-refractivity contribution is 0.0296. The highest BCUT2D eigenvalue weighted by atomic mass is 16.5. The molecule has 1 fully saturated rings. The van der Waals surface area contributed by atoms with Gasteiger partial charge >= 0.3 is 0 Å². The van der Waals surface area contributed by atoms with Crippen molar-refractivity contribution in [2.75, 3.05) is 32.8 Å². The fourth-order valence-electron chi connectivity index (χ4n) is 4.69. The lowest BCUT2D eigenvalue weighted by Gasteiger charge is -2.29. The van der Waals surface area contributed by atoms with Crippen molar-refractivity contribution in [3.8, 4) is 0 Å². The fourth-order valence-corrected chi connectivity index (χ4v) is 4.69. The molecule has 0 atom stereocenters. The van der Waals surface area contributed by atoms with Crippen LogP contribution in [0.5, 0.6) is 0 Å². The molecule has 2 aromatic heterocycles. The normalized spacial score (nSPS) is 15.8. The first-order valence-corrected chi connectivity index (χ1v) is 11.9. The fraction of sp³-hybridized carbons (Fsp3) is 0.385. The zero-order chi connectivity index (χ0) is 23.3. The molecule has 1 saturated heterocycles. The predicted octanol–water partition coefficient (Wildman–Crippen LogP) is 2.58. The number of carbonyl (C=O) groups excluding carboxylic acids is 2. The monoisotopic (exact) mass is 459 g/mol. The predicted molar refractivity (Wildman–Crippen MR) is 126 cm³/mol. The van der Waals surface area contributed by atoms with Crippen LogP contribution < -0.4 is 0 Å². The maximum Gasteiger partial charge on any atom is 0.274 e. The first kappa shape index (κ1) is 22.3. The van der Waals surface area contributed by atoms with Crippen LogP contribution in [0.1, 0.15) is 44.1 Å². The molecule has 0 bridgehead atoms. The molecule has 0 aliphatic carbocycles. The summed E-state index contributed by atoms with van der Waals surface area (Å²) in [5.41, 5.74) is 4.33. The highest BCUT2D eigenvalue weighted by Crippen LogP contribution is 2.26. The summed E-state index contributed by atoms with van der Waals surface area (Å²) in [6.45, 7) is 3.94. The number of hydrogen-bond donors (Lipinski definition) is 0. The van der Waals surface area contributed by atoms with E-state index in [0.717, 1.165) is 30.6 Å². The molecule has 0 unspecified atom stereocenters. The van der Waals surface area contributed by atoms with Crippen LogP contribution in [0, 0.1) is 0 Å². The van der Waals surface area contributed by atoms with Gasteiger partial charge < -0.3 is 14.5 Å². The third kappa shape index (κ3) is 4.72. The van der Waals surface area contributed by atoms with E-state index in [-0.39, 0.29) is 11.8 Å². The van der Waals surface area contributed by atoms with E-state index in [9.17, 15) is 9.59 Å². The van der Waals surface area contributed by atoms with Crippen molar-refractivity contribution in [1.29, 1.82) is 0 Å². The number of benzene rings is 1. The zero-order valence-electron chi connectivity index (χ0n) is 19.2. The molecule has 3 aromatic rings. The Kier molecular flexibility index (Phi) is 6.67. The Hall–Kier alpha value is -3.52. The van der Waals surface area contributed by atoms with Crippen LogP contribution in [0.15, 0.2) is 54.9 Å². The number of amides is 2. The number of aromatic nitrogens is 3. The topological polar surface area (TPSA) is 80.6 Å². The minimum atomic E-state index is -0.0698. The SMILES string of the molecule is O=C(c1ccncc1)N1CCc2c(c(C(=O)N3CCOCC3)nn2CCCc2ccccc2)C1. The standard InChI is InChI=1S/C26H29N5O3/c32-25(21-8-11-27-12-9-21)30-14-10-23-22(19-30)24(26(33)29-15-17-34-18-16-29)28-31(23)13-4-7-20-5-2-1-3-6-20/h1-3,5-6,8-9,11-12H,4,7,10,13-19H2. The van der Waals surface area contributed by atoms with Gasteiger partial charge in [0.25, 0.3) is 11.8 Å². The molecule has 8 nitrogen and oxygen atoms in total. The van der Waals surface area contributed by atoms with Crippen LogP contribution in [0.25, 0.3) is 0 Å². The smallest absolute Gasteiger partial charge is 0.274 e. The van der Waals surface area contributed by atoms with Crippen molar-refractivity contribution in [1.82, 2.24) is 24.6 Å². The molecule has 8 heteroatoms. The Morgan fingerprint density at radius 3 is 2.44 bits per heavy atom. The van der Waals surface area contributed by atoms with Gasteiger partial charge in [-0.2, -0.15) is 5.10 Å². The maximum absolute atomic E-state index is 13.4. The molecular formula is C26H29N5O3. The summed E-state index contributed by atoms with van der Waals surface area (Å²) < 4.78 is 7.42. The van der Waals surface area contributed by atoms with Gasteiger partial charge in [0.1, 0.15) is 0 Å². The van der Waals surface area contributed by atoms with E-state index in [1.807, 2.05) is 20.5 Å². The summed E-state index contributed by atoms with van der Waals surface area (Å²) in [5, 5.41) is 4.80. The number of fused-ring (bicyclic) bond motifs is 1. The first-order valence-electron chi connectivity index (χ1n) is 11.9. The second-order valence-electron chi connectivity index (χ2n) is 8.70. The second kappa shape index (κ2) is 10.2. The minimum absolute atomic E-state index is 0.0466. The molecule has 1 aromatic carbocycles. The molecule has 2 aliphatic heterocycles. The van der Waals surface area contributed by atoms with Crippen LogP contribution >= 0.6 is 0 Å². The molecule has 34 heavy (non-hydrogen) atoms. The summed E-state index contributed by atoms with van der Waals surface area (Å²) in [4.78, 5) is 34.1. The van der Waals surface area contributed by atoms with Gasteiger partial charge in [-0.1, -0.05) is 30.3 Å². The Morgan fingerprint density at radius 1 is 0.912 bits per heavy atom. The third-order valence-electron chi connectivity index (χ3n) is 6.53. The van der Waals surface area contributed by atoms with Gasteiger partial charge in [0, 0.05) is 61.8 Å². The van der Waals surface area contributed by atoms with E-state index >= 15 is 0 Å². The number of morpholine rings is 1. The number of nitrogens with zero attached hydrogens (tertiary/aromatic N) is 5. The average Bonchev–Trinajstić information content (AvgIpc) is 3.27. The average molecular weight is 460 g/mol. The second-order valence-corrected chi connectivity index (χ2v) is 8.70. The van der Waals surface area contributed by atoms with Crippen molar-refractivity contribution >= 4 is 11.8 Å². The Bertz CT molecular complexity index is 1140. The summed E-state index contributed by atoms with van der Waals surface area (Å²) in [5.74, 6) is -0.116. The molecule has 0 radical (unpaired) electrons. The molecule has 176 valence electrons. The number of ether oxygens (including phenoxy) is 1. The van der Waals surface area contributed by atoms with Crippen molar-refractivity contribution < 1.29 is 14.3 Å².